The molecule has 0 spiro atoms. The second-order valence-electron chi connectivity index (χ2n) is 4.21. The van der Waals surface area contributed by atoms with E-state index in [9.17, 15) is 9.59 Å². The molecule has 0 aliphatic carbocycles. The number of nitrogens with one attached hydrogen (secondary N) is 1. The molecule has 1 aromatic heterocycles. The second kappa shape index (κ2) is 6.65. The van der Waals surface area contributed by atoms with Gasteiger partial charge in [-0.1, -0.05) is 23.2 Å². The lowest BCUT2D eigenvalue weighted by molar-refractivity contribution is -0.116. The van der Waals surface area contributed by atoms with Crippen molar-refractivity contribution in [3.8, 4) is 5.75 Å². The van der Waals surface area contributed by atoms with Crippen molar-refractivity contribution in [2.24, 2.45) is 0 Å². The van der Waals surface area contributed by atoms with Crippen LogP contribution in [0.3, 0.4) is 0 Å². The minimum atomic E-state index is -0.389. The quantitative estimate of drug-likeness (QED) is 0.939. The number of halogens is 2. The molecule has 1 heterocycles. The van der Waals surface area contributed by atoms with E-state index in [2.05, 4.69) is 5.32 Å². The van der Waals surface area contributed by atoms with Gasteiger partial charge in [0, 0.05) is 17.3 Å². The predicted molar refractivity (Wildman–Crippen MR) is 82.3 cm³/mol. The Labute approximate surface area is 131 Å². The van der Waals surface area contributed by atoms with E-state index in [1.807, 2.05) is 0 Å². The average Bonchev–Trinajstić information content (AvgIpc) is 2.43. The Kier molecular flexibility index (Phi) is 4.88. The van der Waals surface area contributed by atoms with Gasteiger partial charge in [-0.25, -0.2) is 0 Å². The van der Waals surface area contributed by atoms with Gasteiger partial charge in [0.2, 0.25) is 5.91 Å². The highest BCUT2D eigenvalue weighted by Crippen LogP contribution is 2.27. The average molecular weight is 327 g/mol. The summed E-state index contributed by atoms with van der Waals surface area (Å²) in [6.07, 6.45) is 1.40. The molecule has 2 aromatic rings. The van der Waals surface area contributed by atoms with Crippen LogP contribution in [0, 0.1) is 0 Å². The van der Waals surface area contributed by atoms with Gasteiger partial charge in [-0.15, -0.1) is 0 Å². The summed E-state index contributed by atoms with van der Waals surface area (Å²) in [6.45, 7) is -0.158. The minimum Gasteiger partial charge on any atom is -0.495 e. The van der Waals surface area contributed by atoms with Crippen molar-refractivity contribution in [2.75, 3.05) is 12.4 Å². The summed E-state index contributed by atoms with van der Waals surface area (Å²) >= 11 is 11.7. The maximum Gasteiger partial charge on any atom is 0.251 e. The van der Waals surface area contributed by atoms with E-state index in [-0.39, 0.29) is 18.0 Å². The number of carbonyl (C=O) groups is 1. The predicted octanol–water partition coefficient (Wildman–Crippen LogP) is 2.80. The third-order valence-electron chi connectivity index (χ3n) is 2.70. The molecule has 1 N–H and O–H groups in total. The SMILES string of the molecule is COc1ccc(Cl)cc1NC(=O)Cn1cc(Cl)ccc1=O. The number of anilines is 1. The van der Waals surface area contributed by atoms with Crippen molar-refractivity contribution in [2.45, 2.75) is 6.54 Å². The van der Waals surface area contributed by atoms with Crippen LogP contribution in [0.1, 0.15) is 0 Å². The Hall–Kier alpha value is -1.98. The van der Waals surface area contributed by atoms with Crippen molar-refractivity contribution >= 4 is 34.8 Å². The zero-order valence-corrected chi connectivity index (χ0v) is 12.6. The first-order valence-corrected chi connectivity index (χ1v) is 6.74. The fourth-order valence-electron chi connectivity index (χ4n) is 1.75. The molecule has 0 unspecified atom stereocenters. The van der Waals surface area contributed by atoms with Crippen LogP contribution in [-0.2, 0) is 11.3 Å². The highest BCUT2D eigenvalue weighted by atomic mass is 35.5. The van der Waals surface area contributed by atoms with E-state index >= 15 is 0 Å². The first-order valence-electron chi connectivity index (χ1n) is 5.99. The number of amides is 1. The van der Waals surface area contributed by atoms with Crippen LogP contribution in [0.15, 0.2) is 41.3 Å². The van der Waals surface area contributed by atoms with E-state index in [0.29, 0.717) is 21.5 Å². The molecule has 110 valence electrons. The van der Waals surface area contributed by atoms with Gasteiger partial charge >= 0.3 is 0 Å². The summed E-state index contributed by atoms with van der Waals surface area (Å²) in [5.41, 5.74) is 0.123. The number of ether oxygens (including phenoxy) is 1. The Morgan fingerprint density at radius 1 is 1.24 bits per heavy atom. The topological polar surface area (TPSA) is 60.3 Å². The molecule has 5 nitrogen and oxygen atoms in total. The molecule has 2 rings (SSSR count). The number of nitrogens with zero attached hydrogens (tertiary/aromatic N) is 1. The Morgan fingerprint density at radius 2 is 1.95 bits per heavy atom. The lowest BCUT2D eigenvalue weighted by Gasteiger charge is -2.11. The summed E-state index contributed by atoms with van der Waals surface area (Å²) < 4.78 is 6.35. The molecular weight excluding hydrogens is 315 g/mol. The van der Waals surface area contributed by atoms with Gasteiger partial charge < -0.3 is 14.6 Å². The molecule has 0 bridgehead atoms. The van der Waals surface area contributed by atoms with Gasteiger partial charge in [0.15, 0.2) is 0 Å². The summed E-state index contributed by atoms with van der Waals surface area (Å²) in [7, 11) is 1.49. The van der Waals surface area contributed by atoms with Crippen molar-refractivity contribution in [1.82, 2.24) is 4.57 Å². The van der Waals surface area contributed by atoms with Gasteiger partial charge in [0.25, 0.3) is 5.56 Å². The van der Waals surface area contributed by atoms with Crippen molar-refractivity contribution in [3.05, 3.63) is 56.9 Å². The van der Waals surface area contributed by atoms with Crippen LogP contribution < -0.4 is 15.6 Å². The van der Waals surface area contributed by atoms with Gasteiger partial charge in [-0.2, -0.15) is 0 Å². The first-order chi connectivity index (χ1) is 9.99. The number of rotatable bonds is 4. The number of hydrogen-bond donors (Lipinski definition) is 1. The van der Waals surface area contributed by atoms with Crippen LogP contribution >= 0.6 is 23.2 Å². The molecule has 1 aromatic carbocycles. The van der Waals surface area contributed by atoms with Gasteiger partial charge in [-0.05, 0) is 24.3 Å². The smallest absolute Gasteiger partial charge is 0.251 e. The monoisotopic (exact) mass is 326 g/mol. The molecule has 0 radical (unpaired) electrons. The van der Waals surface area contributed by atoms with Crippen molar-refractivity contribution in [1.29, 1.82) is 0 Å². The number of benzene rings is 1. The van der Waals surface area contributed by atoms with Crippen molar-refractivity contribution < 1.29 is 9.53 Å². The zero-order chi connectivity index (χ0) is 15.4. The Balaban J connectivity index is 2.17. The van der Waals surface area contributed by atoms with E-state index in [0.717, 1.165) is 0 Å². The molecule has 0 aliphatic heterocycles. The maximum atomic E-state index is 12.0. The summed E-state index contributed by atoms with van der Waals surface area (Å²) in [6, 6.07) is 7.63. The standard InChI is InChI=1S/C14H12Cl2N2O3/c1-21-12-4-2-9(15)6-11(12)17-13(19)8-18-7-10(16)3-5-14(18)20/h2-7H,8H2,1H3,(H,17,19). The van der Waals surface area contributed by atoms with E-state index in [4.69, 9.17) is 27.9 Å². The molecule has 7 heteroatoms. The molecular formula is C14H12Cl2N2O3. The molecule has 21 heavy (non-hydrogen) atoms. The number of pyridine rings is 1. The van der Waals surface area contributed by atoms with E-state index in [1.54, 1.807) is 18.2 Å². The van der Waals surface area contributed by atoms with E-state index < -0.39 is 0 Å². The molecule has 0 fully saturated rings. The fourth-order valence-corrected chi connectivity index (χ4v) is 2.10. The fraction of sp³-hybridized carbons (Fsp3) is 0.143. The minimum absolute atomic E-state index is 0.158. The molecule has 0 aliphatic rings. The highest BCUT2D eigenvalue weighted by Gasteiger charge is 2.10. The number of hydrogen-bond acceptors (Lipinski definition) is 3. The highest BCUT2D eigenvalue weighted by molar-refractivity contribution is 6.31. The third kappa shape index (κ3) is 4.00. The summed E-state index contributed by atoms with van der Waals surface area (Å²) in [4.78, 5) is 23.6. The van der Waals surface area contributed by atoms with Crippen LogP contribution in [0.5, 0.6) is 5.75 Å². The van der Waals surface area contributed by atoms with Crippen LogP contribution in [-0.4, -0.2) is 17.6 Å². The largest absolute Gasteiger partial charge is 0.495 e. The molecule has 0 saturated carbocycles. The van der Waals surface area contributed by atoms with Gasteiger partial charge in [-0.3, -0.25) is 9.59 Å². The third-order valence-corrected chi connectivity index (χ3v) is 3.16. The molecule has 0 saturated heterocycles. The maximum absolute atomic E-state index is 12.0. The summed E-state index contributed by atoms with van der Waals surface area (Å²) in [5.74, 6) is 0.0890. The zero-order valence-electron chi connectivity index (χ0n) is 11.1. The Morgan fingerprint density at radius 3 is 2.67 bits per heavy atom. The molecule has 0 atom stereocenters. The van der Waals surface area contributed by atoms with E-state index in [1.165, 1.54) is 30.0 Å². The lowest BCUT2D eigenvalue weighted by atomic mass is 10.3. The van der Waals surface area contributed by atoms with Crippen molar-refractivity contribution in [3.63, 3.8) is 0 Å². The number of methoxy groups -OCH3 is 1. The van der Waals surface area contributed by atoms with Gasteiger partial charge in [0.05, 0.1) is 17.8 Å². The number of carbonyl (C=O) groups excluding carboxylic acids is 1. The second-order valence-corrected chi connectivity index (χ2v) is 5.08. The normalized spacial score (nSPS) is 10.2. The summed E-state index contributed by atoms with van der Waals surface area (Å²) in [5, 5.41) is 3.49. The van der Waals surface area contributed by atoms with Crippen LogP contribution in [0.4, 0.5) is 5.69 Å². The van der Waals surface area contributed by atoms with Crippen LogP contribution in [0.2, 0.25) is 10.0 Å². The lowest BCUT2D eigenvalue weighted by Crippen LogP contribution is -2.26. The molecule has 1 amide bonds. The van der Waals surface area contributed by atoms with Crippen LogP contribution in [0.25, 0.3) is 0 Å². The number of aromatic nitrogens is 1. The van der Waals surface area contributed by atoms with Gasteiger partial charge in [0.1, 0.15) is 12.3 Å². The Bertz CT molecular complexity index is 728. The first kappa shape index (κ1) is 15.4.